The molecule has 0 aliphatic rings. The van der Waals surface area contributed by atoms with Crippen molar-refractivity contribution in [3.63, 3.8) is 0 Å². The van der Waals surface area contributed by atoms with Crippen molar-refractivity contribution in [1.29, 1.82) is 0 Å². The minimum atomic E-state index is -0.117. The Hall–Kier alpha value is -3.61. The van der Waals surface area contributed by atoms with Crippen LogP contribution in [0.25, 0.3) is 11.8 Å². The van der Waals surface area contributed by atoms with Crippen LogP contribution in [0, 0.1) is 0 Å². The highest BCUT2D eigenvalue weighted by atomic mass is 16.5. The Morgan fingerprint density at radius 2 is 1.67 bits per heavy atom. The lowest BCUT2D eigenvalue weighted by Gasteiger charge is -2.12. The molecule has 7 nitrogen and oxygen atoms in total. The summed E-state index contributed by atoms with van der Waals surface area (Å²) < 4.78 is 17.6. The standard InChI is InChI=1S/C20H19N3O4/c1-25-18-10-14(11-19(26-2)20(18)27-3)4-9-17(24)15-5-7-16(8-6-15)23-13-21-12-22-23/h4-13H,1-3H3/b9-4+. The number of ether oxygens (including phenoxy) is 3. The fourth-order valence-corrected chi connectivity index (χ4v) is 2.59. The van der Waals surface area contributed by atoms with E-state index >= 15 is 0 Å². The molecule has 138 valence electrons. The lowest BCUT2D eigenvalue weighted by atomic mass is 10.1. The summed E-state index contributed by atoms with van der Waals surface area (Å²) in [6.07, 6.45) is 6.27. The molecule has 2 aromatic carbocycles. The molecule has 0 N–H and O–H groups in total. The number of hydrogen-bond acceptors (Lipinski definition) is 6. The summed E-state index contributed by atoms with van der Waals surface area (Å²) in [5.41, 5.74) is 2.16. The van der Waals surface area contributed by atoms with Crippen LogP contribution >= 0.6 is 0 Å². The number of ketones is 1. The van der Waals surface area contributed by atoms with Crippen LogP contribution in [-0.4, -0.2) is 41.9 Å². The molecule has 0 fully saturated rings. The summed E-state index contributed by atoms with van der Waals surface area (Å²) in [5, 5.41) is 4.06. The Morgan fingerprint density at radius 1 is 1.00 bits per heavy atom. The predicted octanol–water partition coefficient (Wildman–Crippen LogP) is 3.19. The van der Waals surface area contributed by atoms with Gasteiger partial charge in [-0.2, -0.15) is 5.10 Å². The SMILES string of the molecule is COc1cc(/C=C/C(=O)c2ccc(-n3cncn3)cc2)cc(OC)c1OC. The minimum Gasteiger partial charge on any atom is -0.493 e. The van der Waals surface area contributed by atoms with Crippen molar-refractivity contribution in [1.82, 2.24) is 14.8 Å². The normalized spacial score (nSPS) is 10.8. The van der Waals surface area contributed by atoms with E-state index in [0.717, 1.165) is 11.3 Å². The number of aromatic nitrogens is 3. The molecule has 0 aliphatic heterocycles. The smallest absolute Gasteiger partial charge is 0.203 e. The zero-order chi connectivity index (χ0) is 19.2. The van der Waals surface area contributed by atoms with Crippen molar-refractivity contribution in [2.24, 2.45) is 0 Å². The van der Waals surface area contributed by atoms with E-state index in [1.807, 2.05) is 12.1 Å². The van der Waals surface area contributed by atoms with E-state index in [1.54, 1.807) is 62.7 Å². The predicted molar refractivity (Wildman–Crippen MR) is 101 cm³/mol. The molecule has 3 rings (SSSR count). The van der Waals surface area contributed by atoms with Gasteiger partial charge in [-0.1, -0.05) is 6.08 Å². The second kappa shape index (κ2) is 8.18. The number of hydrogen-bond donors (Lipinski definition) is 0. The van der Waals surface area contributed by atoms with E-state index in [9.17, 15) is 4.79 Å². The molecule has 0 saturated heterocycles. The largest absolute Gasteiger partial charge is 0.493 e. The molecule has 0 unspecified atom stereocenters. The first-order chi connectivity index (χ1) is 13.2. The average molecular weight is 365 g/mol. The Balaban J connectivity index is 1.80. The van der Waals surface area contributed by atoms with E-state index in [0.29, 0.717) is 22.8 Å². The van der Waals surface area contributed by atoms with Gasteiger partial charge in [0.15, 0.2) is 17.3 Å². The first-order valence-electron chi connectivity index (χ1n) is 8.13. The van der Waals surface area contributed by atoms with Gasteiger partial charge >= 0.3 is 0 Å². The van der Waals surface area contributed by atoms with Crippen molar-refractivity contribution >= 4 is 11.9 Å². The van der Waals surface area contributed by atoms with Gasteiger partial charge in [-0.3, -0.25) is 4.79 Å². The Labute approximate surface area is 156 Å². The van der Waals surface area contributed by atoms with Crippen LogP contribution in [0.1, 0.15) is 15.9 Å². The maximum absolute atomic E-state index is 12.4. The van der Waals surface area contributed by atoms with Gasteiger partial charge in [-0.05, 0) is 48.0 Å². The number of carbonyl (C=O) groups is 1. The maximum atomic E-state index is 12.4. The molecule has 27 heavy (non-hydrogen) atoms. The maximum Gasteiger partial charge on any atom is 0.203 e. The molecule has 3 aromatic rings. The number of allylic oxidation sites excluding steroid dienone is 1. The minimum absolute atomic E-state index is 0.117. The summed E-state index contributed by atoms with van der Waals surface area (Å²) in [5.74, 6) is 1.45. The van der Waals surface area contributed by atoms with Gasteiger partial charge in [0.25, 0.3) is 0 Å². The second-order valence-electron chi connectivity index (χ2n) is 5.54. The van der Waals surface area contributed by atoms with Crippen molar-refractivity contribution in [3.8, 4) is 22.9 Å². The molecule has 0 amide bonds. The molecular formula is C20H19N3O4. The van der Waals surface area contributed by atoms with Crippen LogP contribution < -0.4 is 14.2 Å². The molecular weight excluding hydrogens is 346 g/mol. The monoisotopic (exact) mass is 365 g/mol. The Bertz CT molecular complexity index is 923. The van der Waals surface area contributed by atoms with Crippen LogP contribution in [0.5, 0.6) is 17.2 Å². The van der Waals surface area contributed by atoms with Gasteiger partial charge in [0.2, 0.25) is 5.75 Å². The second-order valence-corrected chi connectivity index (χ2v) is 5.54. The van der Waals surface area contributed by atoms with Gasteiger partial charge in [-0.25, -0.2) is 9.67 Å². The third-order valence-corrected chi connectivity index (χ3v) is 3.95. The molecule has 0 saturated carbocycles. The lowest BCUT2D eigenvalue weighted by Crippen LogP contribution is -1.98. The van der Waals surface area contributed by atoms with E-state index in [2.05, 4.69) is 10.1 Å². The number of benzene rings is 2. The number of methoxy groups -OCH3 is 3. The Kier molecular flexibility index (Phi) is 5.51. The van der Waals surface area contributed by atoms with E-state index in [-0.39, 0.29) is 5.78 Å². The summed E-state index contributed by atoms with van der Waals surface area (Å²) in [7, 11) is 4.64. The number of carbonyl (C=O) groups excluding carboxylic acids is 1. The molecule has 0 bridgehead atoms. The van der Waals surface area contributed by atoms with Gasteiger partial charge in [-0.15, -0.1) is 0 Å². The van der Waals surface area contributed by atoms with Gasteiger partial charge in [0.1, 0.15) is 12.7 Å². The molecule has 0 spiro atoms. The molecule has 0 radical (unpaired) electrons. The summed E-state index contributed by atoms with van der Waals surface area (Å²) in [6.45, 7) is 0. The molecule has 1 aromatic heterocycles. The summed E-state index contributed by atoms with van der Waals surface area (Å²) in [4.78, 5) is 16.3. The fraction of sp³-hybridized carbons (Fsp3) is 0.150. The highest BCUT2D eigenvalue weighted by molar-refractivity contribution is 6.06. The van der Waals surface area contributed by atoms with Crippen LogP contribution in [0.3, 0.4) is 0 Å². The summed E-state index contributed by atoms with van der Waals surface area (Å²) in [6, 6.07) is 10.7. The average Bonchev–Trinajstić information content (AvgIpc) is 3.26. The van der Waals surface area contributed by atoms with E-state index < -0.39 is 0 Å². The molecule has 0 atom stereocenters. The van der Waals surface area contributed by atoms with Crippen molar-refractivity contribution < 1.29 is 19.0 Å². The third kappa shape index (κ3) is 3.98. The number of nitrogens with zero attached hydrogens (tertiary/aromatic N) is 3. The topological polar surface area (TPSA) is 75.5 Å². The fourth-order valence-electron chi connectivity index (χ4n) is 2.59. The lowest BCUT2D eigenvalue weighted by molar-refractivity contribution is 0.104. The van der Waals surface area contributed by atoms with Gasteiger partial charge in [0, 0.05) is 5.56 Å². The first kappa shape index (κ1) is 18.2. The van der Waals surface area contributed by atoms with Crippen molar-refractivity contribution in [2.45, 2.75) is 0 Å². The van der Waals surface area contributed by atoms with E-state index in [1.165, 1.54) is 12.4 Å². The van der Waals surface area contributed by atoms with Crippen LogP contribution in [0.2, 0.25) is 0 Å². The summed E-state index contributed by atoms with van der Waals surface area (Å²) >= 11 is 0. The van der Waals surface area contributed by atoms with Crippen LogP contribution in [0.15, 0.2) is 55.1 Å². The van der Waals surface area contributed by atoms with Gasteiger partial charge < -0.3 is 14.2 Å². The van der Waals surface area contributed by atoms with Crippen LogP contribution in [0.4, 0.5) is 0 Å². The zero-order valence-electron chi connectivity index (χ0n) is 15.2. The van der Waals surface area contributed by atoms with Gasteiger partial charge in [0.05, 0.1) is 27.0 Å². The molecule has 0 aliphatic carbocycles. The van der Waals surface area contributed by atoms with Crippen molar-refractivity contribution in [3.05, 3.63) is 66.3 Å². The van der Waals surface area contributed by atoms with Crippen molar-refractivity contribution in [2.75, 3.05) is 21.3 Å². The third-order valence-electron chi connectivity index (χ3n) is 3.95. The zero-order valence-corrected chi connectivity index (χ0v) is 15.2. The highest BCUT2D eigenvalue weighted by Gasteiger charge is 2.12. The number of rotatable bonds is 7. The van der Waals surface area contributed by atoms with Crippen LogP contribution in [-0.2, 0) is 0 Å². The highest BCUT2D eigenvalue weighted by Crippen LogP contribution is 2.38. The molecule has 1 heterocycles. The van der Waals surface area contributed by atoms with E-state index in [4.69, 9.17) is 14.2 Å². The molecule has 7 heteroatoms. The quantitative estimate of drug-likeness (QED) is 0.473. The first-order valence-corrected chi connectivity index (χ1v) is 8.13. The Morgan fingerprint density at radius 3 is 2.19 bits per heavy atom.